The monoisotopic (exact) mass is 432 g/mol. The van der Waals surface area contributed by atoms with Crippen molar-refractivity contribution in [1.29, 1.82) is 0 Å². The molecule has 6 rings (SSSR count). The zero-order valence-electron chi connectivity index (χ0n) is 16.3. The van der Waals surface area contributed by atoms with Crippen LogP contribution in [0.15, 0.2) is 59.4 Å². The Kier molecular flexibility index (Phi) is 4.07. The lowest BCUT2D eigenvalue weighted by Crippen LogP contribution is -2.38. The van der Waals surface area contributed by atoms with Gasteiger partial charge in [0.1, 0.15) is 12.0 Å². The normalized spacial score (nSPS) is 14.8. The van der Waals surface area contributed by atoms with Crippen molar-refractivity contribution < 1.29 is 9.32 Å². The van der Waals surface area contributed by atoms with Gasteiger partial charge in [0.15, 0.2) is 0 Å². The first-order valence-electron chi connectivity index (χ1n) is 10.0. The summed E-state index contributed by atoms with van der Waals surface area (Å²) in [4.78, 5) is 24.0. The molecule has 0 radical (unpaired) electrons. The first-order valence-corrected chi connectivity index (χ1v) is 10.4. The number of halogens is 1. The highest BCUT2D eigenvalue weighted by atomic mass is 35.5. The Morgan fingerprint density at radius 1 is 1.10 bits per heavy atom. The second kappa shape index (κ2) is 6.95. The van der Waals surface area contributed by atoms with E-state index in [1.165, 1.54) is 0 Å². The lowest BCUT2D eigenvalue weighted by molar-refractivity contribution is 0.256. The third-order valence-corrected chi connectivity index (χ3v) is 5.88. The number of amides is 2. The van der Waals surface area contributed by atoms with Crippen LogP contribution in [0.25, 0.3) is 17.2 Å². The summed E-state index contributed by atoms with van der Waals surface area (Å²) in [5.74, 6) is 1.46. The summed E-state index contributed by atoms with van der Waals surface area (Å²) in [5, 5.41) is 7.52. The maximum atomic E-state index is 13.2. The molecule has 0 unspecified atom stereocenters. The maximum Gasteiger partial charge on any atom is 0.326 e. The molecule has 1 fully saturated rings. The van der Waals surface area contributed by atoms with E-state index in [9.17, 15) is 4.79 Å². The van der Waals surface area contributed by atoms with E-state index in [0.717, 1.165) is 29.9 Å². The Bertz CT molecular complexity index is 1310. The van der Waals surface area contributed by atoms with Gasteiger partial charge in [-0.3, -0.25) is 9.47 Å². The van der Waals surface area contributed by atoms with Crippen LogP contribution in [0, 0.1) is 0 Å². The lowest BCUT2D eigenvalue weighted by Gasteiger charge is -2.31. The second-order valence-electron chi connectivity index (χ2n) is 7.63. The third-order valence-electron chi connectivity index (χ3n) is 5.55. The number of benzene rings is 2. The molecule has 0 bridgehead atoms. The van der Waals surface area contributed by atoms with Crippen LogP contribution in [0.1, 0.15) is 30.3 Å². The number of carbonyl (C=O) groups excluding carboxylic acids is 1. The van der Waals surface area contributed by atoms with E-state index in [2.05, 4.69) is 20.4 Å². The molecule has 1 saturated carbocycles. The highest BCUT2D eigenvalue weighted by molar-refractivity contribution is 6.33. The molecule has 0 atom stereocenters. The molecule has 2 amide bonds. The van der Waals surface area contributed by atoms with Crippen molar-refractivity contribution in [3.05, 3.63) is 71.5 Å². The van der Waals surface area contributed by atoms with Crippen molar-refractivity contribution in [2.75, 3.05) is 10.2 Å². The largest absolute Gasteiger partial charge is 0.339 e. The molecule has 1 aliphatic heterocycles. The van der Waals surface area contributed by atoms with E-state index >= 15 is 0 Å². The quantitative estimate of drug-likeness (QED) is 0.491. The highest BCUT2D eigenvalue weighted by Crippen LogP contribution is 2.40. The SMILES string of the molecule is O=C(Nc1ccccc1Cl)N1Cc2c(-c3noc(C4CC4)n3)ncn2-c2ccccc21. The predicted molar refractivity (Wildman–Crippen MR) is 115 cm³/mol. The first-order chi connectivity index (χ1) is 15.2. The van der Waals surface area contributed by atoms with E-state index in [1.807, 2.05) is 41.0 Å². The minimum atomic E-state index is -0.286. The number of urea groups is 1. The highest BCUT2D eigenvalue weighted by Gasteiger charge is 2.33. The van der Waals surface area contributed by atoms with Crippen molar-refractivity contribution >= 4 is 29.0 Å². The number of fused-ring (bicyclic) bond motifs is 3. The minimum absolute atomic E-state index is 0.286. The first kappa shape index (κ1) is 18.1. The Balaban J connectivity index is 1.39. The summed E-state index contributed by atoms with van der Waals surface area (Å²) < 4.78 is 7.39. The van der Waals surface area contributed by atoms with Gasteiger partial charge in [0, 0.05) is 5.92 Å². The summed E-state index contributed by atoms with van der Waals surface area (Å²) in [6, 6.07) is 14.6. The fourth-order valence-corrected chi connectivity index (χ4v) is 3.99. The lowest BCUT2D eigenvalue weighted by atomic mass is 10.1. The smallest absolute Gasteiger partial charge is 0.326 e. The summed E-state index contributed by atoms with van der Waals surface area (Å²) in [6.07, 6.45) is 3.89. The molecular formula is C22H17ClN6O2. The molecule has 4 aromatic rings. The van der Waals surface area contributed by atoms with Crippen LogP contribution >= 0.6 is 11.6 Å². The molecule has 0 saturated heterocycles. The molecule has 1 aliphatic carbocycles. The third kappa shape index (κ3) is 3.07. The molecule has 0 spiro atoms. The standard InChI is InChI=1S/C22H17ClN6O2/c23-14-5-1-2-6-15(14)25-22(30)28-11-18-19(20-26-21(31-27-20)13-9-10-13)24-12-29(18)17-8-4-3-7-16(17)28/h1-8,12-13H,9-11H2,(H,25,30). The van der Waals surface area contributed by atoms with Crippen molar-refractivity contribution in [3.8, 4) is 17.2 Å². The van der Waals surface area contributed by atoms with Crippen LogP contribution in [-0.2, 0) is 6.54 Å². The number of nitrogens with one attached hydrogen (secondary N) is 1. The fraction of sp³-hybridized carbons (Fsp3) is 0.182. The van der Waals surface area contributed by atoms with Crippen LogP contribution in [0.2, 0.25) is 5.02 Å². The number of nitrogens with zero attached hydrogens (tertiary/aromatic N) is 5. The summed E-state index contributed by atoms with van der Waals surface area (Å²) >= 11 is 6.23. The van der Waals surface area contributed by atoms with Crippen molar-refractivity contribution in [2.45, 2.75) is 25.3 Å². The molecule has 8 nitrogen and oxygen atoms in total. The Morgan fingerprint density at radius 2 is 1.87 bits per heavy atom. The summed E-state index contributed by atoms with van der Waals surface area (Å²) in [5.41, 5.74) is 3.60. The van der Waals surface area contributed by atoms with Crippen LogP contribution in [0.4, 0.5) is 16.2 Å². The molecule has 9 heteroatoms. The predicted octanol–water partition coefficient (Wildman–Crippen LogP) is 5.01. The van der Waals surface area contributed by atoms with Gasteiger partial charge in [0.25, 0.3) is 0 Å². The van der Waals surface area contributed by atoms with Crippen LogP contribution < -0.4 is 10.2 Å². The minimum Gasteiger partial charge on any atom is -0.339 e. The molecule has 1 N–H and O–H groups in total. The van der Waals surface area contributed by atoms with Gasteiger partial charge in [-0.2, -0.15) is 4.98 Å². The number of anilines is 2. The average Bonchev–Trinajstić information content (AvgIpc) is 3.36. The summed E-state index contributed by atoms with van der Waals surface area (Å²) in [7, 11) is 0. The molecule has 3 heterocycles. The zero-order chi connectivity index (χ0) is 20.9. The van der Waals surface area contributed by atoms with Crippen LogP contribution in [0.5, 0.6) is 0 Å². The molecule has 2 aliphatic rings. The number of hydrogen-bond donors (Lipinski definition) is 1. The Labute approximate surface area is 182 Å². The Morgan fingerprint density at radius 3 is 2.68 bits per heavy atom. The number of aromatic nitrogens is 4. The van der Waals surface area contributed by atoms with E-state index in [1.54, 1.807) is 23.4 Å². The second-order valence-corrected chi connectivity index (χ2v) is 8.03. The molecule has 2 aromatic heterocycles. The average molecular weight is 433 g/mol. The van der Waals surface area contributed by atoms with Gasteiger partial charge in [-0.25, -0.2) is 9.78 Å². The van der Waals surface area contributed by atoms with E-state index < -0.39 is 0 Å². The van der Waals surface area contributed by atoms with Gasteiger partial charge in [-0.1, -0.05) is 41.0 Å². The van der Waals surface area contributed by atoms with Crippen molar-refractivity contribution in [2.24, 2.45) is 0 Å². The van der Waals surface area contributed by atoms with Gasteiger partial charge in [0.05, 0.1) is 34.3 Å². The van der Waals surface area contributed by atoms with Crippen LogP contribution in [0.3, 0.4) is 0 Å². The van der Waals surface area contributed by atoms with Gasteiger partial charge in [-0.15, -0.1) is 0 Å². The van der Waals surface area contributed by atoms with Gasteiger partial charge >= 0.3 is 6.03 Å². The van der Waals surface area contributed by atoms with E-state index in [0.29, 0.717) is 40.6 Å². The van der Waals surface area contributed by atoms with Gasteiger partial charge in [-0.05, 0) is 37.1 Å². The number of para-hydroxylation sites is 3. The number of rotatable bonds is 3. The fourth-order valence-electron chi connectivity index (χ4n) is 3.80. The van der Waals surface area contributed by atoms with E-state index in [4.69, 9.17) is 16.1 Å². The van der Waals surface area contributed by atoms with E-state index in [-0.39, 0.29) is 6.03 Å². The molecule has 154 valence electrons. The molecular weight excluding hydrogens is 416 g/mol. The molecule has 2 aromatic carbocycles. The van der Waals surface area contributed by atoms with Gasteiger partial charge in [0.2, 0.25) is 11.7 Å². The molecule has 31 heavy (non-hydrogen) atoms. The Hall–Kier alpha value is -3.65. The topological polar surface area (TPSA) is 89.1 Å². The van der Waals surface area contributed by atoms with Gasteiger partial charge < -0.3 is 9.84 Å². The summed E-state index contributed by atoms with van der Waals surface area (Å²) in [6.45, 7) is 0.302. The number of imidazole rings is 1. The van der Waals surface area contributed by atoms with Crippen molar-refractivity contribution in [1.82, 2.24) is 19.7 Å². The zero-order valence-corrected chi connectivity index (χ0v) is 17.1. The van der Waals surface area contributed by atoms with Crippen molar-refractivity contribution in [3.63, 3.8) is 0 Å². The number of carbonyl (C=O) groups is 1. The maximum absolute atomic E-state index is 13.2. The number of hydrogen-bond acceptors (Lipinski definition) is 5. The van der Waals surface area contributed by atoms with Crippen LogP contribution in [-0.4, -0.2) is 25.7 Å².